The maximum atomic E-state index is 13.8. The second-order valence-corrected chi connectivity index (χ2v) is 6.64. The zero-order chi connectivity index (χ0) is 20.3. The van der Waals surface area contributed by atoms with Gasteiger partial charge in [0.25, 0.3) is 5.56 Å². The van der Waals surface area contributed by atoms with Crippen LogP contribution in [0, 0.1) is 5.82 Å². The van der Waals surface area contributed by atoms with Gasteiger partial charge in [0, 0.05) is 13.6 Å². The largest absolute Gasteiger partial charge is 0.322 e. The van der Waals surface area contributed by atoms with Gasteiger partial charge < -0.3 is 10.2 Å². The number of rotatable bonds is 5. The van der Waals surface area contributed by atoms with Gasteiger partial charge in [0.1, 0.15) is 11.6 Å². The first-order valence-electron chi connectivity index (χ1n) is 9.21. The van der Waals surface area contributed by atoms with E-state index in [1.54, 1.807) is 48.9 Å². The molecule has 146 valence electrons. The molecule has 28 heavy (non-hydrogen) atoms. The number of aromatic nitrogens is 2. The third-order valence-electron chi connectivity index (χ3n) is 4.73. The first kappa shape index (κ1) is 19.5. The van der Waals surface area contributed by atoms with Crippen molar-refractivity contribution in [2.75, 3.05) is 12.4 Å². The van der Waals surface area contributed by atoms with Gasteiger partial charge in [0.05, 0.1) is 22.6 Å². The quantitative estimate of drug-likeness (QED) is 0.720. The monoisotopic (exact) mass is 382 g/mol. The molecule has 0 saturated heterocycles. The molecular formula is C21H23FN4O2. The Hall–Kier alpha value is -3.22. The molecule has 0 aliphatic carbocycles. The summed E-state index contributed by atoms with van der Waals surface area (Å²) in [6, 6.07) is 12.2. The van der Waals surface area contributed by atoms with E-state index in [2.05, 4.69) is 10.3 Å². The molecule has 0 spiro atoms. The number of carbonyl (C=O) groups excluding carboxylic acids is 1. The van der Waals surface area contributed by atoms with Gasteiger partial charge in [0.15, 0.2) is 0 Å². The number of nitrogens with zero attached hydrogens (tertiary/aromatic N) is 3. The van der Waals surface area contributed by atoms with Crippen LogP contribution in [0.1, 0.15) is 32.1 Å². The number of carbonyl (C=O) groups is 1. The molecule has 1 aromatic heterocycles. The highest BCUT2D eigenvalue weighted by Gasteiger charge is 2.23. The standard InChI is InChI=1S/C21H23FN4O2/c1-4-13-26-19(23-17-11-7-5-9-15(17)20(26)27)14(2)25(3)21(28)24-18-12-8-6-10-16(18)22/h5-12,14H,4,13H2,1-3H3,(H,24,28). The zero-order valence-corrected chi connectivity index (χ0v) is 16.1. The number of hydrogen-bond acceptors (Lipinski definition) is 3. The van der Waals surface area contributed by atoms with Crippen LogP contribution in [-0.2, 0) is 6.54 Å². The summed E-state index contributed by atoms with van der Waals surface area (Å²) in [5.41, 5.74) is 0.561. The van der Waals surface area contributed by atoms with Crippen molar-refractivity contribution in [2.45, 2.75) is 32.9 Å². The predicted octanol–water partition coefficient (Wildman–Crippen LogP) is 4.17. The molecule has 0 fully saturated rings. The van der Waals surface area contributed by atoms with E-state index in [0.29, 0.717) is 23.3 Å². The Bertz CT molecular complexity index is 1060. The van der Waals surface area contributed by atoms with Gasteiger partial charge in [0.2, 0.25) is 0 Å². The highest BCUT2D eigenvalue weighted by molar-refractivity contribution is 5.89. The summed E-state index contributed by atoms with van der Waals surface area (Å²) >= 11 is 0. The molecule has 6 nitrogen and oxygen atoms in total. The van der Waals surface area contributed by atoms with E-state index in [4.69, 9.17) is 0 Å². The molecule has 3 rings (SSSR count). The lowest BCUT2D eigenvalue weighted by atomic mass is 10.2. The first-order valence-corrected chi connectivity index (χ1v) is 9.21. The molecular weight excluding hydrogens is 359 g/mol. The highest BCUT2D eigenvalue weighted by atomic mass is 19.1. The van der Waals surface area contributed by atoms with Crippen LogP contribution in [0.15, 0.2) is 53.3 Å². The van der Waals surface area contributed by atoms with E-state index >= 15 is 0 Å². The van der Waals surface area contributed by atoms with Gasteiger partial charge in [-0.05, 0) is 37.6 Å². The number of fused-ring (bicyclic) bond motifs is 1. The maximum Gasteiger partial charge on any atom is 0.322 e. The van der Waals surface area contributed by atoms with E-state index in [1.807, 2.05) is 13.0 Å². The van der Waals surface area contributed by atoms with Crippen LogP contribution in [0.5, 0.6) is 0 Å². The molecule has 2 amide bonds. The summed E-state index contributed by atoms with van der Waals surface area (Å²) in [7, 11) is 1.60. The molecule has 2 aromatic carbocycles. The van der Waals surface area contributed by atoms with Crippen molar-refractivity contribution in [3.8, 4) is 0 Å². The number of amides is 2. The van der Waals surface area contributed by atoms with Gasteiger partial charge in [-0.3, -0.25) is 9.36 Å². The number of hydrogen-bond donors (Lipinski definition) is 1. The topological polar surface area (TPSA) is 67.2 Å². The summed E-state index contributed by atoms with van der Waals surface area (Å²) in [5, 5.41) is 3.11. The van der Waals surface area contributed by atoms with Crippen LogP contribution in [0.4, 0.5) is 14.9 Å². The molecule has 0 bridgehead atoms. The highest BCUT2D eigenvalue weighted by Crippen LogP contribution is 2.21. The summed E-state index contributed by atoms with van der Waals surface area (Å²) in [4.78, 5) is 31.6. The average molecular weight is 382 g/mol. The predicted molar refractivity (Wildman–Crippen MR) is 108 cm³/mol. The number of anilines is 1. The summed E-state index contributed by atoms with van der Waals surface area (Å²) in [5.74, 6) is -0.0136. The van der Waals surface area contributed by atoms with E-state index in [-0.39, 0.29) is 11.2 Å². The Balaban J connectivity index is 1.96. The lowest BCUT2D eigenvalue weighted by Gasteiger charge is -2.27. The fourth-order valence-corrected chi connectivity index (χ4v) is 3.06. The minimum atomic E-state index is -0.511. The molecule has 1 N–H and O–H groups in total. The average Bonchev–Trinajstić information content (AvgIpc) is 2.70. The number of halogens is 1. The van der Waals surface area contributed by atoms with Gasteiger partial charge in [-0.25, -0.2) is 14.2 Å². The van der Waals surface area contributed by atoms with Gasteiger partial charge in [-0.15, -0.1) is 0 Å². The van der Waals surface area contributed by atoms with Crippen molar-refractivity contribution < 1.29 is 9.18 Å². The van der Waals surface area contributed by atoms with E-state index in [1.165, 1.54) is 17.0 Å². The van der Waals surface area contributed by atoms with Crippen LogP contribution < -0.4 is 10.9 Å². The van der Waals surface area contributed by atoms with Gasteiger partial charge in [-0.2, -0.15) is 0 Å². The SMILES string of the molecule is CCCn1c(C(C)N(C)C(=O)Nc2ccccc2F)nc2ccccc2c1=O. The molecule has 3 aromatic rings. The fourth-order valence-electron chi connectivity index (χ4n) is 3.06. The molecule has 1 heterocycles. The summed E-state index contributed by atoms with van der Waals surface area (Å²) in [6.45, 7) is 4.27. The second-order valence-electron chi connectivity index (χ2n) is 6.64. The molecule has 1 atom stereocenters. The Labute approximate surface area is 162 Å². The van der Waals surface area contributed by atoms with Crippen LogP contribution in [0.3, 0.4) is 0 Å². The molecule has 1 unspecified atom stereocenters. The molecule has 0 saturated carbocycles. The van der Waals surface area contributed by atoms with Crippen molar-refractivity contribution in [3.63, 3.8) is 0 Å². The number of benzene rings is 2. The summed E-state index contributed by atoms with van der Waals surface area (Å²) < 4.78 is 15.4. The van der Waals surface area contributed by atoms with Crippen molar-refractivity contribution in [3.05, 3.63) is 70.5 Å². The Morgan fingerprint density at radius 1 is 1.21 bits per heavy atom. The first-order chi connectivity index (χ1) is 13.4. The molecule has 0 radical (unpaired) electrons. The minimum Gasteiger partial charge on any atom is -0.318 e. The van der Waals surface area contributed by atoms with Crippen LogP contribution in [0.25, 0.3) is 10.9 Å². The fraction of sp³-hybridized carbons (Fsp3) is 0.286. The third-order valence-corrected chi connectivity index (χ3v) is 4.73. The number of nitrogens with one attached hydrogen (secondary N) is 1. The molecule has 0 aliphatic heterocycles. The van der Waals surface area contributed by atoms with E-state index in [9.17, 15) is 14.0 Å². The molecule has 0 aliphatic rings. The number of urea groups is 1. The van der Waals surface area contributed by atoms with Crippen LogP contribution in [0.2, 0.25) is 0 Å². The van der Waals surface area contributed by atoms with Crippen molar-refractivity contribution >= 4 is 22.6 Å². The minimum absolute atomic E-state index is 0.101. The Kier molecular flexibility index (Phi) is 5.73. The van der Waals surface area contributed by atoms with E-state index < -0.39 is 17.9 Å². The van der Waals surface area contributed by atoms with Gasteiger partial charge >= 0.3 is 6.03 Å². The lowest BCUT2D eigenvalue weighted by molar-refractivity contribution is 0.204. The lowest BCUT2D eigenvalue weighted by Crippen LogP contribution is -2.37. The normalized spacial score (nSPS) is 12.0. The third kappa shape index (κ3) is 3.74. The summed E-state index contributed by atoms with van der Waals surface area (Å²) in [6.07, 6.45) is 0.755. The smallest absolute Gasteiger partial charge is 0.318 e. The molecule has 7 heteroatoms. The van der Waals surface area contributed by atoms with Crippen molar-refractivity contribution in [1.82, 2.24) is 14.5 Å². The van der Waals surface area contributed by atoms with Crippen LogP contribution in [-0.4, -0.2) is 27.5 Å². The maximum absolute atomic E-state index is 13.8. The Morgan fingerprint density at radius 2 is 1.89 bits per heavy atom. The van der Waals surface area contributed by atoms with Gasteiger partial charge in [-0.1, -0.05) is 31.2 Å². The van der Waals surface area contributed by atoms with E-state index in [0.717, 1.165) is 6.42 Å². The number of para-hydroxylation sites is 2. The Morgan fingerprint density at radius 3 is 2.61 bits per heavy atom. The van der Waals surface area contributed by atoms with Crippen molar-refractivity contribution in [1.29, 1.82) is 0 Å². The zero-order valence-electron chi connectivity index (χ0n) is 16.1. The second kappa shape index (κ2) is 8.21. The van der Waals surface area contributed by atoms with Crippen LogP contribution >= 0.6 is 0 Å². The van der Waals surface area contributed by atoms with Crippen molar-refractivity contribution in [2.24, 2.45) is 0 Å².